The molecule has 1 unspecified atom stereocenters. The van der Waals surface area contributed by atoms with Crippen molar-refractivity contribution in [3.8, 4) is 5.75 Å². The van der Waals surface area contributed by atoms with Crippen molar-refractivity contribution in [2.24, 2.45) is 0 Å². The Morgan fingerprint density at radius 3 is 2.67 bits per heavy atom. The molecule has 1 atom stereocenters. The molecule has 0 aromatic heterocycles. The van der Waals surface area contributed by atoms with Gasteiger partial charge in [-0.2, -0.15) is 13.2 Å². The molecule has 1 saturated heterocycles. The standard InChI is InChI=1S/C14H15F5N2O2.ClH/c15-13(16)5-11(21-7-13)12(22)20-6-9-2-1-3-10(4-9)23-8-14(17,18)19;/h1-4,11,21H,5-8H2,(H,20,22);1H. The second-order valence-corrected chi connectivity index (χ2v) is 5.26. The number of hydrogen-bond acceptors (Lipinski definition) is 3. The summed E-state index contributed by atoms with van der Waals surface area (Å²) in [6, 6.07) is 4.79. The molecule has 1 aliphatic heterocycles. The molecule has 136 valence electrons. The van der Waals surface area contributed by atoms with E-state index in [2.05, 4.69) is 15.4 Å². The first-order valence-corrected chi connectivity index (χ1v) is 6.82. The Morgan fingerprint density at radius 2 is 2.08 bits per heavy atom. The van der Waals surface area contributed by atoms with E-state index in [-0.39, 0.29) is 24.7 Å². The highest BCUT2D eigenvalue weighted by Crippen LogP contribution is 2.25. The van der Waals surface area contributed by atoms with E-state index < -0.39 is 43.6 Å². The number of hydrogen-bond donors (Lipinski definition) is 2. The molecule has 0 saturated carbocycles. The van der Waals surface area contributed by atoms with E-state index in [9.17, 15) is 26.7 Å². The predicted octanol–water partition coefficient (Wildman–Crippen LogP) is 2.66. The smallest absolute Gasteiger partial charge is 0.422 e. The third-order valence-electron chi connectivity index (χ3n) is 3.19. The van der Waals surface area contributed by atoms with Gasteiger partial charge in [0.1, 0.15) is 5.75 Å². The zero-order valence-corrected chi connectivity index (χ0v) is 13.1. The minimum atomic E-state index is -4.44. The molecule has 1 aromatic carbocycles. The lowest BCUT2D eigenvalue weighted by molar-refractivity contribution is -0.153. The van der Waals surface area contributed by atoms with Crippen molar-refractivity contribution in [1.29, 1.82) is 0 Å². The van der Waals surface area contributed by atoms with E-state index in [4.69, 9.17) is 0 Å². The van der Waals surface area contributed by atoms with Crippen LogP contribution in [0.3, 0.4) is 0 Å². The predicted molar refractivity (Wildman–Crippen MR) is 78.4 cm³/mol. The van der Waals surface area contributed by atoms with Gasteiger partial charge in [-0.1, -0.05) is 12.1 Å². The first kappa shape index (κ1) is 20.4. The van der Waals surface area contributed by atoms with Crippen LogP contribution in [0.15, 0.2) is 24.3 Å². The highest BCUT2D eigenvalue weighted by molar-refractivity contribution is 5.85. The molecule has 1 aromatic rings. The summed E-state index contributed by atoms with van der Waals surface area (Å²) in [6.45, 7) is -1.96. The maximum Gasteiger partial charge on any atom is 0.422 e. The van der Waals surface area contributed by atoms with Crippen molar-refractivity contribution in [3.05, 3.63) is 29.8 Å². The normalized spacial score (nSPS) is 19.5. The van der Waals surface area contributed by atoms with Crippen molar-refractivity contribution < 1.29 is 31.5 Å². The van der Waals surface area contributed by atoms with Crippen molar-refractivity contribution >= 4 is 18.3 Å². The van der Waals surface area contributed by atoms with Crippen LogP contribution < -0.4 is 15.4 Å². The van der Waals surface area contributed by atoms with Crippen molar-refractivity contribution in [3.63, 3.8) is 0 Å². The fraction of sp³-hybridized carbons (Fsp3) is 0.500. The van der Waals surface area contributed by atoms with Gasteiger partial charge < -0.3 is 10.1 Å². The third-order valence-corrected chi connectivity index (χ3v) is 3.19. The molecular weight excluding hydrogens is 359 g/mol. The van der Waals surface area contributed by atoms with Gasteiger partial charge in [-0.05, 0) is 17.7 Å². The minimum Gasteiger partial charge on any atom is -0.484 e. The van der Waals surface area contributed by atoms with Crippen LogP contribution in [0.5, 0.6) is 5.75 Å². The number of carbonyl (C=O) groups excluding carboxylic acids is 1. The Balaban J connectivity index is 0.00000288. The Morgan fingerprint density at radius 1 is 1.38 bits per heavy atom. The van der Waals surface area contributed by atoms with Crippen LogP contribution in [0.1, 0.15) is 12.0 Å². The Labute approximate surface area is 141 Å². The van der Waals surface area contributed by atoms with E-state index in [0.29, 0.717) is 5.56 Å². The molecule has 1 fully saturated rings. The highest BCUT2D eigenvalue weighted by atomic mass is 35.5. The molecule has 1 heterocycles. The van der Waals surface area contributed by atoms with E-state index in [1.54, 1.807) is 6.07 Å². The highest BCUT2D eigenvalue weighted by Gasteiger charge is 2.42. The molecule has 2 rings (SSSR count). The number of halogens is 6. The zero-order valence-electron chi connectivity index (χ0n) is 12.3. The largest absolute Gasteiger partial charge is 0.484 e. The SMILES string of the molecule is Cl.O=C(NCc1cccc(OCC(F)(F)F)c1)C1CC(F)(F)CN1. The van der Waals surface area contributed by atoms with Gasteiger partial charge in [-0.3, -0.25) is 10.1 Å². The number of ether oxygens (including phenoxy) is 1. The van der Waals surface area contributed by atoms with Crippen molar-refractivity contribution in [1.82, 2.24) is 10.6 Å². The summed E-state index contributed by atoms with van der Waals surface area (Å²) in [4.78, 5) is 11.8. The molecule has 0 radical (unpaired) electrons. The fourth-order valence-electron chi connectivity index (χ4n) is 2.12. The molecular formula is C14H16ClF5N2O2. The summed E-state index contributed by atoms with van der Waals surface area (Å²) in [5, 5.41) is 4.89. The monoisotopic (exact) mass is 374 g/mol. The van der Waals surface area contributed by atoms with Crippen molar-refractivity contribution in [2.75, 3.05) is 13.2 Å². The van der Waals surface area contributed by atoms with Crippen LogP contribution in [0.2, 0.25) is 0 Å². The van der Waals surface area contributed by atoms with Gasteiger partial charge in [0, 0.05) is 13.0 Å². The van der Waals surface area contributed by atoms with Gasteiger partial charge in [0.25, 0.3) is 5.92 Å². The average molecular weight is 375 g/mol. The van der Waals surface area contributed by atoms with E-state index in [1.165, 1.54) is 18.2 Å². The first-order valence-electron chi connectivity index (χ1n) is 6.82. The van der Waals surface area contributed by atoms with E-state index >= 15 is 0 Å². The lowest BCUT2D eigenvalue weighted by atomic mass is 10.1. The molecule has 4 nitrogen and oxygen atoms in total. The van der Waals surface area contributed by atoms with Crippen LogP contribution in [0, 0.1) is 0 Å². The summed E-state index contributed by atoms with van der Waals surface area (Å²) in [7, 11) is 0. The van der Waals surface area contributed by atoms with Crippen LogP contribution in [-0.4, -0.2) is 37.2 Å². The second-order valence-electron chi connectivity index (χ2n) is 5.26. The maximum atomic E-state index is 13.0. The Bertz CT molecular complexity index is 568. The van der Waals surface area contributed by atoms with Crippen molar-refractivity contribution in [2.45, 2.75) is 31.1 Å². The maximum absolute atomic E-state index is 13.0. The van der Waals surface area contributed by atoms with Gasteiger partial charge >= 0.3 is 6.18 Å². The first-order chi connectivity index (χ1) is 10.6. The van der Waals surface area contributed by atoms with Gasteiger partial charge in [0.05, 0.1) is 12.6 Å². The number of alkyl halides is 5. The number of benzene rings is 1. The lowest BCUT2D eigenvalue weighted by Gasteiger charge is -2.13. The van der Waals surface area contributed by atoms with Crippen LogP contribution in [0.4, 0.5) is 22.0 Å². The molecule has 2 N–H and O–H groups in total. The van der Waals surface area contributed by atoms with Gasteiger partial charge in [0.2, 0.25) is 5.91 Å². The molecule has 0 spiro atoms. The Hall–Kier alpha value is -1.61. The summed E-state index contributed by atoms with van der Waals surface area (Å²) < 4.78 is 66.8. The zero-order chi connectivity index (χ0) is 17.1. The Kier molecular flexibility index (Phi) is 6.79. The number of nitrogens with one attached hydrogen (secondary N) is 2. The van der Waals surface area contributed by atoms with Gasteiger partial charge in [0.15, 0.2) is 6.61 Å². The van der Waals surface area contributed by atoms with Crippen LogP contribution >= 0.6 is 12.4 Å². The van der Waals surface area contributed by atoms with Crippen LogP contribution in [0.25, 0.3) is 0 Å². The second kappa shape index (κ2) is 7.98. The van der Waals surface area contributed by atoms with Gasteiger partial charge in [-0.25, -0.2) is 8.78 Å². The summed E-state index contributed by atoms with van der Waals surface area (Å²) >= 11 is 0. The molecule has 10 heteroatoms. The lowest BCUT2D eigenvalue weighted by Crippen LogP contribution is -2.40. The van der Waals surface area contributed by atoms with E-state index in [0.717, 1.165) is 0 Å². The van der Waals surface area contributed by atoms with Crippen LogP contribution in [-0.2, 0) is 11.3 Å². The fourth-order valence-corrected chi connectivity index (χ4v) is 2.12. The summed E-state index contributed by atoms with van der Waals surface area (Å²) in [5.74, 6) is -3.48. The molecule has 1 aliphatic rings. The molecule has 1 amide bonds. The number of carbonyl (C=O) groups is 1. The minimum absolute atomic E-state index is 0. The molecule has 0 bridgehead atoms. The molecule has 24 heavy (non-hydrogen) atoms. The summed E-state index contributed by atoms with van der Waals surface area (Å²) in [5.41, 5.74) is 0.503. The number of amides is 1. The number of rotatable bonds is 5. The average Bonchev–Trinajstić information content (AvgIpc) is 2.83. The van der Waals surface area contributed by atoms with Gasteiger partial charge in [-0.15, -0.1) is 12.4 Å². The van der Waals surface area contributed by atoms with E-state index in [1.807, 2.05) is 0 Å². The quantitative estimate of drug-likeness (QED) is 0.779. The molecule has 0 aliphatic carbocycles. The summed E-state index contributed by atoms with van der Waals surface area (Å²) in [6.07, 6.45) is -5.02. The topological polar surface area (TPSA) is 50.4 Å². The third kappa shape index (κ3) is 6.48.